The Balaban J connectivity index is 1.88. The van der Waals surface area contributed by atoms with Gasteiger partial charge >= 0.3 is 0 Å². The van der Waals surface area contributed by atoms with Crippen molar-refractivity contribution in [2.45, 2.75) is 0 Å². The number of hydrogen-bond donors (Lipinski definition) is 0. The SMILES string of the molecule is COc1ccc(-c2c(-c3ccc(OC)cc3)[s+](-c3ccccc3)c3ccccc23)cc1. The van der Waals surface area contributed by atoms with Crippen LogP contribution in [0.3, 0.4) is 0 Å². The Bertz CT molecular complexity index is 1320. The number of benzene rings is 4. The number of methoxy groups -OCH3 is 2. The molecule has 1 atom stereocenters. The summed E-state index contributed by atoms with van der Waals surface area (Å²) in [7, 11) is 3.22. The average molecular weight is 424 g/mol. The summed E-state index contributed by atoms with van der Waals surface area (Å²) >= 11 is 0. The first-order valence-electron chi connectivity index (χ1n) is 10.2. The van der Waals surface area contributed by atoms with Gasteiger partial charge in [0, 0.05) is 21.4 Å². The summed E-state index contributed by atoms with van der Waals surface area (Å²) in [5, 5.41) is 1.30. The molecule has 0 aliphatic carbocycles. The van der Waals surface area contributed by atoms with E-state index in [1.54, 1.807) is 14.2 Å². The standard InChI is InChI=1S/C28H23O2S/c1-29-22-16-12-20(13-17-22)27-25-10-6-7-11-26(25)31(24-8-4-3-5-9-24)28(27)21-14-18-23(30-2)19-15-21/h3-19H,1-2H3/q+1. The lowest BCUT2D eigenvalue weighted by Crippen LogP contribution is -1.86. The molecule has 5 aromatic rings. The normalized spacial score (nSPS) is 11.5. The van der Waals surface area contributed by atoms with E-state index in [-0.39, 0.29) is 10.5 Å². The Labute approximate surface area is 185 Å². The van der Waals surface area contributed by atoms with Gasteiger partial charge in [-0.05, 0) is 66.2 Å². The molecule has 2 nitrogen and oxygen atoms in total. The number of hydrogen-bond acceptors (Lipinski definition) is 2. The van der Waals surface area contributed by atoms with Gasteiger partial charge in [0.25, 0.3) is 0 Å². The molecule has 0 spiro atoms. The largest absolute Gasteiger partial charge is 0.497 e. The monoisotopic (exact) mass is 423 g/mol. The number of fused-ring (bicyclic) bond motifs is 1. The van der Waals surface area contributed by atoms with E-state index in [0.717, 1.165) is 11.5 Å². The van der Waals surface area contributed by atoms with E-state index < -0.39 is 0 Å². The summed E-state index contributed by atoms with van der Waals surface area (Å²) in [6, 6.07) is 36.4. The third-order valence-corrected chi connectivity index (χ3v) is 7.90. The van der Waals surface area contributed by atoms with Crippen LogP contribution in [0.15, 0.2) is 103 Å². The first kappa shape index (κ1) is 19.4. The van der Waals surface area contributed by atoms with Crippen LogP contribution in [0.1, 0.15) is 0 Å². The Kier molecular flexibility index (Phi) is 5.19. The van der Waals surface area contributed by atoms with Crippen LogP contribution in [0.25, 0.3) is 36.5 Å². The summed E-state index contributed by atoms with van der Waals surface area (Å²) in [4.78, 5) is 2.67. The second-order valence-corrected chi connectivity index (χ2v) is 9.21. The molecule has 0 radical (unpaired) electrons. The van der Waals surface area contributed by atoms with Crippen molar-refractivity contribution >= 4 is 20.6 Å². The zero-order chi connectivity index (χ0) is 21.2. The van der Waals surface area contributed by atoms with Crippen LogP contribution in [0, 0.1) is 0 Å². The lowest BCUT2D eigenvalue weighted by atomic mass is 9.99. The van der Waals surface area contributed by atoms with E-state index in [4.69, 9.17) is 9.47 Å². The predicted molar refractivity (Wildman–Crippen MR) is 132 cm³/mol. The van der Waals surface area contributed by atoms with Crippen LogP contribution in [0.2, 0.25) is 0 Å². The molecule has 0 aliphatic heterocycles. The van der Waals surface area contributed by atoms with Crippen LogP contribution < -0.4 is 9.47 Å². The molecule has 0 N–H and O–H groups in total. The summed E-state index contributed by atoms with van der Waals surface area (Å²) in [5.74, 6) is 1.73. The second kappa shape index (κ2) is 8.29. The van der Waals surface area contributed by atoms with Crippen LogP contribution in [-0.4, -0.2) is 14.2 Å². The topological polar surface area (TPSA) is 18.5 Å². The van der Waals surface area contributed by atoms with E-state index in [1.807, 2.05) is 24.3 Å². The summed E-state index contributed by atoms with van der Waals surface area (Å²) in [6.07, 6.45) is 0. The predicted octanol–water partition coefficient (Wildman–Crippen LogP) is 7.93. The van der Waals surface area contributed by atoms with Crippen molar-refractivity contribution in [1.82, 2.24) is 0 Å². The van der Waals surface area contributed by atoms with Crippen molar-refractivity contribution in [1.29, 1.82) is 0 Å². The van der Waals surface area contributed by atoms with Crippen LogP contribution in [-0.2, 0) is 0 Å². The first-order valence-corrected chi connectivity index (χ1v) is 11.4. The Hall–Kier alpha value is -3.56. The third kappa shape index (κ3) is 3.47. The van der Waals surface area contributed by atoms with Crippen LogP contribution in [0.5, 0.6) is 11.5 Å². The van der Waals surface area contributed by atoms with Gasteiger partial charge in [-0.3, -0.25) is 0 Å². The van der Waals surface area contributed by atoms with E-state index in [0.29, 0.717) is 0 Å². The van der Waals surface area contributed by atoms with Crippen molar-refractivity contribution < 1.29 is 9.47 Å². The van der Waals surface area contributed by atoms with Crippen molar-refractivity contribution in [3.63, 3.8) is 0 Å². The van der Waals surface area contributed by atoms with Crippen LogP contribution >= 0.6 is 10.5 Å². The Morgan fingerprint density at radius 1 is 0.548 bits per heavy atom. The smallest absolute Gasteiger partial charge is 0.195 e. The van der Waals surface area contributed by atoms with Crippen molar-refractivity contribution in [3.8, 4) is 38.0 Å². The van der Waals surface area contributed by atoms with Gasteiger partial charge in [-0.1, -0.05) is 42.5 Å². The molecule has 3 heteroatoms. The molecule has 0 aliphatic rings. The maximum atomic E-state index is 5.41. The quantitative estimate of drug-likeness (QED) is 0.267. The molecule has 4 aromatic carbocycles. The molecule has 0 saturated heterocycles. The maximum Gasteiger partial charge on any atom is 0.195 e. The summed E-state index contributed by atoms with van der Waals surface area (Å²) < 4.78 is 12.2. The highest BCUT2D eigenvalue weighted by Crippen LogP contribution is 2.55. The minimum atomic E-state index is -0.193. The zero-order valence-corrected chi connectivity index (χ0v) is 18.4. The van der Waals surface area contributed by atoms with E-state index in [1.165, 1.54) is 36.5 Å². The minimum Gasteiger partial charge on any atom is -0.497 e. The Morgan fingerprint density at radius 2 is 1.10 bits per heavy atom. The van der Waals surface area contributed by atoms with Crippen molar-refractivity contribution in [2.75, 3.05) is 14.2 Å². The second-order valence-electron chi connectivity index (χ2n) is 7.28. The van der Waals surface area contributed by atoms with E-state index >= 15 is 0 Å². The molecule has 31 heavy (non-hydrogen) atoms. The van der Waals surface area contributed by atoms with Crippen molar-refractivity contribution in [3.05, 3.63) is 103 Å². The fraction of sp³-hybridized carbons (Fsp3) is 0.0714. The minimum absolute atomic E-state index is 0.193. The van der Waals surface area contributed by atoms with Gasteiger partial charge in [-0.25, -0.2) is 0 Å². The fourth-order valence-corrected chi connectivity index (χ4v) is 6.58. The van der Waals surface area contributed by atoms with Gasteiger partial charge in [0.05, 0.1) is 19.8 Å². The Morgan fingerprint density at radius 3 is 1.71 bits per heavy atom. The van der Waals surface area contributed by atoms with Gasteiger partial charge in [0.15, 0.2) is 14.5 Å². The van der Waals surface area contributed by atoms with E-state index in [9.17, 15) is 0 Å². The first-order chi connectivity index (χ1) is 15.3. The van der Waals surface area contributed by atoms with Gasteiger partial charge in [0.1, 0.15) is 11.5 Å². The zero-order valence-electron chi connectivity index (χ0n) is 17.5. The van der Waals surface area contributed by atoms with Gasteiger partial charge in [-0.2, -0.15) is 0 Å². The van der Waals surface area contributed by atoms with Crippen LogP contribution in [0.4, 0.5) is 0 Å². The number of rotatable bonds is 5. The lowest BCUT2D eigenvalue weighted by Gasteiger charge is -2.06. The molecule has 0 saturated carbocycles. The molecule has 5 rings (SSSR count). The molecule has 152 valence electrons. The molecule has 1 heterocycles. The molecule has 0 fully saturated rings. The van der Waals surface area contributed by atoms with Gasteiger partial charge < -0.3 is 9.47 Å². The molecule has 0 bridgehead atoms. The lowest BCUT2D eigenvalue weighted by molar-refractivity contribution is 0.414. The highest BCUT2D eigenvalue weighted by atomic mass is 32.2. The summed E-state index contributed by atoms with van der Waals surface area (Å²) in [5.41, 5.74) is 3.70. The molecular weight excluding hydrogens is 400 g/mol. The molecular formula is C28H23O2S+. The highest BCUT2D eigenvalue weighted by molar-refractivity contribution is 7.48. The average Bonchev–Trinajstić information content (AvgIpc) is 3.20. The van der Waals surface area contributed by atoms with Gasteiger partial charge in [-0.15, -0.1) is 0 Å². The number of ether oxygens (including phenoxy) is 2. The molecule has 1 unspecified atom stereocenters. The highest BCUT2D eigenvalue weighted by Gasteiger charge is 2.31. The maximum absolute atomic E-state index is 5.41. The van der Waals surface area contributed by atoms with Crippen molar-refractivity contribution in [2.24, 2.45) is 0 Å². The number of thiophene rings is 1. The molecule has 1 aromatic heterocycles. The molecule has 0 amide bonds. The van der Waals surface area contributed by atoms with E-state index in [2.05, 4.69) is 78.9 Å². The van der Waals surface area contributed by atoms with Gasteiger partial charge in [0.2, 0.25) is 0 Å². The third-order valence-electron chi connectivity index (χ3n) is 5.52. The fourth-order valence-electron chi connectivity index (χ4n) is 4.04. The summed E-state index contributed by atoms with van der Waals surface area (Å²) in [6.45, 7) is 0.